The Labute approximate surface area is 79.8 Å². The van der Waals surface area contributed by atoms with Crippen LogP contribution in [0.2, 0.25) is 0 Å². The Bertz CT molecular complexity index is 387. The van der Waals surface area contributed by atoms with E-state index in [1.165, 1.54) is 18.9 Å². The number of oxime groups is 1. The molecule has 0 fully saturated rings. The zero-order valence-corrected chi connectivity index (χ0v) is 7.80. The largest absolute Gasteiger partial charge is 0.399 e. The van der Waals surface area contributed by atoms with Gasteiger partial charge in [0.2, 0.25) is 5.12 Å². The molecular weight excluding hydrogens is 186 g/mol. The highest BCUT2D eigenvalue weighted by atomic mass is 32.2. The van der Waals surface area contributed by atoms with E-state index in [4.69, 9.17) is 0 Å². The number of fused-ring (bicyclic) bond motifs is 1. The standard InChI is InChI=1S/C9H7NO2S/c1-12-10-8-6-4-2-3-5-7(6)13-9(8)11/h2-5H,1H3/b10-8-. The summed E-state index contributed by atoms with van der Waals surface area (Å²) < 4.78 is 0. The van der Waals surface area contributed by atoms with E-state index >= 15 is 0 Å². The van der Waals surface area contributed by atoms with Crippen molar-refractivity contribution in [3.63, 3.8) is 0 Å². The molecule has 3 nitrogen and oxygen atoms in total. The number of nitrogens with zero attached hydrogens (tertiary/aromatic N) is 1. The Morgan fingerprint density at radius 3 is 2.92 bits per heavy atom. The summed E-state index contributed by atoms with van der Waals surface area (Å²) in [6, 6.07) is 7.54. The third kappa shape index (κ3) is 1.33. The summed E-state index contributed by atoms with van der Waals surface area (Å²) in [5.74, 6) is 0. The van der Waals surface area contributed by atoms with E-state index in [9.17, 15) is 4.79 Å². The van der Waals surface area contributed by atoms with Crippen LogP contribution in [0.3, 0.4) is 0 Å². The van der Waals surface area contributed by atoms with Gasteiger partial charge in [-0.25, -0.2) is 0 Å². The van der Waals surface area contributed by atoms with Crippen molar-refractivity contribution < 1.29 is 9.63 Å². The van der Waals surface area contributed by atoms with Crippen LogP contribution in [0.25, 0.3) is 0 Å². The van der Waals surface area contributed by atoms with Gasteiger partial charge in [0.15, 0.2) is 5.71 Å². The maximum Gasteiger partial charge on any atom is 0.246 e. The molecule has 1 aromatic carbocycles. The normalized spacial score (nSPS) is 17.6. The smallest absolute Gasteiger partial charge is 0.246 e. The summed E-state index contributed by atoms with van der Waals surface area (Å²) in [5.41, 5.74) is 1.27. The summed E-state index contributed by atoms with van der Waals surface area (Å²) in [6.45, 7) is 0. The van der Waals surface area contributed by atoms with Gasteiger partial charge in [-0.15, -0.1) is 0 Å². The van der Waals surface area contributed by atoms with Crippen LogP contribution >= 0.6 is 11.8 Å². The van der Waals surface area contributed by atoms with Crippen molar-refractivity contribution in [2.24, 2.45) is 5.16 Å². The maximum atomic E-state index is 11.4. The lowest BCUT2D eigenvalue weighted by Gasteiger charge is -1.94. The van der Waals surface area contributed by atoms with E-state index in [0.717, 1.165) is 10.5 Å². The quantitative estimate of drug-likeness (QED) is 0.637. The predicted octanol–water partition coefficient (Wildman–Crippen LogP) is 1.67. The molecule has 0 unspecified atom stereocenters. The Morgan fingerprint density at radius 1 is 1.38 bits per heavy atom. The average molecular weight is 193 g/mol. The summed E-state index contributed by atoms with van der Waals surface area (Å²) in [6.07, 6.45) is 0. The molecule has 0 bridgehead atoms. The molecular formula is C9H7NO2S. The molecule has 0 aliphatic carbocycles. The van der Waals surface area contributed by atoms with Gasteiger partial charge < -0.3 is 4.84 Å². The Hall–Kier alpha value is -1.29. The fourth-order valence-corrected chi connectivity index (χ4v) is 2.05. The van der Waals surface area contributed by atoms with Crippen LogP contribution < -0.4 is 0 Å². The van der Waals surface area contributed by atoms with Gasteiger partial charge in [0, 0.05) is 10.5 Å². The zero-order chi connectivity index (χ0) is 9.26. The Balaban J connectivity index is 2.53. The van der Waals surface area contributed by atoms with E-state index in [-0.39, 0.29) is 5.12 Å². The number of hydrogen-bond donors (Lipinski definition) is 0. The Morgan fingerprint density at radius 2 is 2.15 bits per heavy atom. The second-order valence-electron chi connectivity index (χ2n) is 2.51. The van der Waals surface area contributed by atoms with Crippen LogP contribution in [0, 0.1) is 0 Å². The molecule has 0 aromatic heterocycles. The van der Waals surface area contributed by atoms with E-state index in [1.54, 1.807) is 0 Å². The third-order valence-electron chi connectivity index (χ3n) is 1.72. The van der Waals surface area contributed by atoms with Gasteiger partial charge in [-0.3, -0.25) is 4.79 Å². The lowest BCUT2D eigenvalue weighted by molar-refractivity contribution is -0.105. The SMILES string of the molecule is CO/N=C1\C(=O)Sc2ccccc21. The summed E-state index contributed by atoms with van der Waals surface area (Å²) in [7, 11) is 1.44. The number of thioether (sulfide) groups is 1. The van der Waals surface area contributed by atoms with Crippen molar-refractivity contribution in [1.82, 2.24) is 0 Å². The molecule has 13 heavy (non-hydrogen) atoms. The number of benzene rings is 1. The van der Waals surface area contributed by atoms with Crippen LogP contribution in [0.1, 0.15) is 5.56 Å². The first-order valence-electron chi connectivity index (χ1n) is 3.75. The molecule has 1 aliphatic rings. The molecule has 0 spiro atoms. The summed E-state index contributed by atoms with van der Waals surface area (Å²) in [5, 5.41) is 3.64. The van der Waals surface area contributed by atoms with Crippen LogP contribution in [0.15, 0.2) is 34.3 Å². The lowest BCUT2D eigenvalue weighted by Crippen LogP contribution is -2.05. The van der Waals surface area contributed by atoms with Gasteiger partial charge in [-0.1, -0.05) is 23.4 Å². The van der Waals surface area contributed by atoms with Gasteiger partial charge in [0.05, 0.1) is 0 Å². The van der Waals surface area contributed by atoms with Crippen molar-refractivity contribution in [1.29, 1.82) is 0 Å². The Kier molecular flexibility index (Phi) is 2.06. The highest BCUT2D eigenvalue weighted by Gasteiger charge is 2.27. The molecule has 0 atom stereocenters. The minimum absolute atomic E-state index is 0.0527. The maximum absolute atomic E-state index is 11.4. The molecule has 2 rings (SSSR count). The van der Waals surface area contributed by atoms with Crippen molar-refractivity contribution in [3.8, 4) is 0 Å². The third-order valence-corrected chi connectivity index (χ3v) is 2.68. The molecule has 1 aliphatic heterocycles. The minimum atomic E-state index is -0.0527. The second-order valence-corrected chi connectivity index (χ2v) is 3.52. The second kappa shape index (κ2) is 3.22. The first kappa shape index (κ1) is 8.31. The highest BCUT2D eigenvalue weighted by molar-refractivity contribution is 8.16. The minimum Gasteiger partial charge on any atom is -0.399 e. The molecule has 0 radical (unpaired) electrons. The van der Waals surface area contributed by atoms with Crippen LogP contribution in [0.5, 0.6) is 0 Å². The van der Waals surface area contributed by atoms with Gasteiger partial charge in [-0.05, 0) is 17.8 Å². The molecule has 0 saturated heterocycles. The average Bonchev–Trinajstić information content (AvgIpc) is 2.44. The fraction of sp³-hybridized carbons (Fsp3) is 0.111. The van der Waals surface area contributed by atoms with E-state index in [1.807, 2.05) is 24.3 Å². The molecule has 0 saturated carbocycles. The van der Waals surface area contributed by atoms with Gasteiger partial charge in [0.1, 0.15) is 7.11 Å². The lowest BCUT2D eigenvalue weighted by atomic mass is 10.1. The van der Waals surface area contributed by atoms with Crippen molar-refractivity contribution in [2.75, 3.05) is 7.11 Å². The van der Waals surface area contributed by atoms with Gasteiger partial charge in [0.25, 0.3) is 0 Å². The van der Waals surface area contributed by atoms with Crippen molar-refractivity contribution >= 4 is 22.6 Å². The first-order chi connectivity index (χ1) is 6.33. The predicted molar refractivity (Wildman–Crippen MR) is 50.9 cm³/mol. The molecule has 4 heteroatoms. The summed E-state index contributed by atoms with van der Waals surface area (Å²) in [4.78, 5) is 16.9. The topological polar surface area (TPSA) is 38.7 Å². The molecule has 0 N–H and O–H groups in total. The number of carbonyl (C=O) groups is 1. The highest BCUT2D eigenvalue weighted by Crippen LogP contribution is 2.32. The zero-order valence-electron chi connectivity index (χ0n) is 6.98. The van der Waals surface area contributed by atoms with Crippen molar-refractivity contribution in [2.45, 2.75) is 4.90 Å². The molecule has 1 aromatic rings. The van der Waals surface area contributed by atoms with Crippen LogP contribution in [0.4, 0.5) is 0 Å². The van der Waals surface area contributed by atoms with E-state index < -0.39 is 0 Å². The van der Waals surface area contributed by atoms with Crippen LogP contribution in [-0.2, 0) is 9.63 Å². The number of hydrogen-bond acceptors (Lipinski definition) is 4. The van der Waals surface area contributed by atoms with Crippen molar-refractivity contribution in [3.05, 3.63) is 29.8 Å². The number of rotatable bonds is 1. The van der Waals surface area contributed by atoms with Crippen LogP contribution in [-0.4, -0.2) is 17.9 Å². The number of carbonyl (C=O) groups excluding carboxylic acids is 1. The molecule has 0 amide bonds. The fourth-order valence-electron chi connectivity index (χ4n) is 1.19. The van der Waals surface area contributed by atoms with E-state index in [0.29, 0.717) is 5.71 Å². The molecule has 1 heterocycles. The first-order valence-corrected chi connectivity index (χ1v) is 4.57. The van der Waals surface area contributed by atoms with E-state index in [2.05, 4.69) is 9.99 Å². The monoisotopic (exact) mass is 193 g/mol. The van der Waals surface area contributed by atoms with Gasteiger partial charge >= 0.3 is 0 Å². The molecule has 66 valence electrons. The summed E-state index contributed by atoms with van der Waals surface area (Å²) >= 11 is 1.19. The van der Waals surface area contributed by atoms with Gasteiger partial charge in [-0.2, -0.15) is 0 Å².